The van der Waals surface area contributed by atoms with E-state index in [9.17, 15) is 4.39 Å². The lowest BCUT2D eigenvalue weighted by atomic mass is 10.1. The van der Waals surface area contributed by atoms with Crippen molar-refractivity contribution in [3.05, 3.63) is 56.0 Å². The summed E-state index contributed by atoms with van der Waals surface area (Å²) in [5.41, 5.74) is 1.93. The Labute approximate surface area is 126 Å². The van der Waals surface area contributed by atoms with Crippen molar-refractivity contribution in [1.82, 2.24) is 0 Å². The minimum absolute atomic E-state index is 0.204. The second kappa shape index (κ2) is 5.43. The van der Waals surface area contributed by atoms with Gasteiger partial charge in [-0.25, -0.2) is 4.39 Å². The van der Waals surface area contributed by atoms with E-state index >= 15 is 0 Å². The molecule has 0 saturated heterocycles. The highest BCUT2D eigenvalue weighted by atomic mass is 35.5. The van der Waals surface area contributed by atoms with E-state index in [4.69, 9.17) is 23.2 Å². The van der Waals surface area contributed by atoms with Crippen molar-refractivity contribution in [3.63, 3.8) is 0 Å². The third-order valence-electron chi connectivity index (χ3n) is 3.52. The van der Waals surface area contributed by atoms with E-state index in [1.54, 1.807) is 23.5 Å². The Morgan fingerprint density at radius 1 is 1.32 bits per heavy atom. The lowest BCUT2D eigenvalue weighted by Gasteiger charge is -2.10. The van der Waals surface area contributed by atoms with Gasteiger partial charge in [0.15, 0.2) is 0 Å². The van der Waals surface area contributed by atoms with Crippen molar-refractivity contribution in [3.8, 4) is 0 Å². The molecule has 1 heterocycles. The van der Waals surface area contributed by atoms with E-state index in [1.807, 2.05) is 0 Å². The molecule has 1 aliphatic rings. The Morgan fingerprint density at radius 3 is 2.89 bits per heavy atom. The number of benzene rings is 1. The van der Waals surface area contributed by atoms with Crippen molar-refractivity contribution in [2.24, 2.45) is 0 Å². The van der Waals surface area contributed by atoms with Crippen LogP contribution in [0.3, 0.4) is 0 Å². The third kappa shape index (κ3) is 2.67. The highest BCUT2D eigenvalue weighted by molar-refractivity contribution is 7.12. The maximum atomic E-state index is 13.7. The average molecular weight is 315 g/mol. The van der Waals surface area contributed by atoms with Crippen LogP contribution in [0, 0.1) is 5.82 Å². The predicted octanol–water partition coefficient (Wildman–Crippen LogP) is 5.55. The van der Waals surface area contributed by atoms with Crippen LogP contribution >= 0.6 is 34.5 Å². The van der Waals surface area contributed by atoms with Crippen molar-refractivity contribution >= 4 is 34.5 Å². The van der Waals surface area contributed by atoms with Gasteiger partial charge >= 0.3 is 0 Å². The van der Waals surface area contributed by atoms with Gasteiger partial charge in [-0.3, -0.25) is 0 Å². The number of hydrogen-bond donors (Lipinski definition) is 0. The summed E-state index contributed by atoms with van der Waals surface area (Å²) in [6, 6.07) is 6.93. The summed E-state index contributed by atoms with van der Waals surface area (Å²) in [5.74, 6) is -0.276. The second-order valence-corrected chi connectivity index (χ2v) is 6.92. The van der Waals surface area contributed by atoms with Gasteiger partial charge in [-0.05, 0) is 49.4 Å². The van der Waals surface area contributed by atoms with E-state index in [2.05, 4.69) is 6.07 Å². The molecule has 0 spiro atoms. The fourth-order valence-electron chi connectivity index (χ4n) is 2.51. The fourth-order valence-corrected chi connectivity index (χ4v) is 4.34. The van der Waals surface area contributed by atoms with Crippen LogP contribution in [0.4, 0.5) is 4.39 Å². The van der Waals surface area contributed by atoms with Crippen LogP contribution < -0.4 is 0 Å². The number of alkyl halides is 1. The monoisotopic (exact) mass is 314 g/mol. The summed E-state index contributed by atoms with van der Waals surface area (Å²) in [7, 11) is 0. The van der Waals surface area contributed by atoms with Gasteiger partial charge in [-0.15, -0.1) is 22.9 Å². The van der Waals surface area contributed by atoms with Gasteiger partial charge in [-0.2, -0.15) is 0 Å². The van der Waals surface area contributed by atoms with E-state index < -0.39 is 0 Å². The Bertz CT molecular complexity index is 564. The Kier molecular flexibility index (Phi) is 3.84. The van der Waals surface area contributed by atoms with E-state index in [0.29, 0.717) is 17.0 Å². The third-order valence-corrected chi connectivity index (χ3v) is 5.74. The molecule has 100 valence electrons. The smallest absolute Gasteiger partial charge is 0.127 e. The number of aryl methyl sites for hydroxylation is 2. The SMILES string of the molecule is Fc1cccc(Cl)c1CC(Cl)c1cc2c(s1)CCC2. The number of fused-ring (bicyclic) bond motifs is 1. The molecule has 0 amide bonds. The first-order valence-electron chi connectivity index (χ1n) is 6.33. The molecule has 0 radical (unpaired) electrons. The lowest BCUT2D eigenvalue weighted by molar-refractivity contribution is 0.608. The number of hydrogen-bond acceptors (Lipinski definition) is 1. The van der Waals surface area contributed by atoms with Crippen LogP contribution in [0.1, 0.15) is 32.7 Å². The molecular formula is C15H13Cl2FS. The van der Waals surface area contributed by atoms with Gasteiger partial charge in [0.2, 0.25) is 0 Å². The zero-order valence-corrected chi connectivity index (χ0v) is 12.6. The molecule has 1 aromatic heterocycles. The molecule has 19 heavy (non-hydrogen) atoms. The second-order valence-electron chi connectivity index (χ2n) is 4.82. The van der Waals surface area contributed by atoms with Gasteiger partial charge in [0.1, 0.15) is 5.82 Å². The molecule has 0 aliphatic heterocycles. The number of thiophene rings is 1. The normalized spacial score (nSPS) is 15.5. The number of rotatable bonds is 3. The Morgan fingerprint density at radius 2 is 2.16 bits per heavy atom. The standard InChI is InChI=1S/C15H13Cl2FS/c16-11-4-2-5-13(18)10(11)8-12(17)15-7-9-3-1-6-14(9)19-15/h2,4-5,7,12H,1,3,6,8H2. The first kappa shape index (κ1) is 13.4. The molecule has 0 N–H and O–H groups in total. The van der Waals surface area contributed by atoms with Crippen LogP contribution in [0.2, 0.25) is 5.02 Å². The van der Waals surface area contributed by atoms with Crippen molar-refractivity contribution < 1.29 is 4.39 Å². The summed E-state index contributed by atoms with van der Waals surface area (Å²) in [6.07, 6.45) is 3.99. The topological polar surface area (TPSA) is 0 Å². The van der Waals surface area contributed by atoms with Crippen LogP contribution in [0.5, 0.6) is 0 Å². The molecule has 0 saturated carbocycles. The van der Waals surface area contributed by atoms with Gasteiger partial charge in [-0.1, -0.05) is 17.7 Å². The minimum Gasteiger partial charge on any atom is -0.207 e. The first-order chi connectivity index (χ1) is 9.15. The van der Waals surface area contributed by atoms with Crippen molar-refractivity contribution in [2.75, 3.05) is 0 Å². The zero-order valence-electron chi connectivity index (χ0n) is 10.3. The molecule has 0 nitrogen and oxygen atoms in total. The molecule has 1 atom stereocenters. The van der Waals surface area contributed by atoms with Crippen LogP contribution in [0.25, 0.3) is 0 Å². The quantitative estimate of drug-likeness (QED) is 0.651. The molecule has 1 aromatic carbocycles. The van der Waals surface area contributed by atoms with Crippen LogP contribution in [-0.2, 0) is 19.3 Å². The molecule has 0 bridgehead atoms. The van der Waals surface area contributed by atoms with Gasteiger partial charge in [0.05, 0.1) is 5.38 Å². The van der Waals surface area contributed by atoms with Crippen LogP contribution in [-0.4, -0.2) is 0 Å². The van der Waals surface area contributed by atoms with Crippen molar-refractivity contribution in [1.29, 1.82) is 0 Å². The molecule has 4 heteroatoms. The Balaban J connectivity index is 1.82. The summed E-state index contributed by atoms with van der Waals surface area (Å²) >= 11 is 14.2. The molecular weight excluding hydrogens is 302 g/mol. The summed E-state index contributed by atoms with van der Waals surface area (Å²) < 4.78 is 13.7. The predicted molar refractivity (Wildman–Crippen MR) is 80.1 cm³/mol. The van der Waals surface area contributed by atoms with Crippen molar-refractivity contribution in [2.45, 2.75) is 31.1 Å². The summed E-state index contributed by atoms with van der Waals surface area (Å²) in [6.45, 7) is 0. The molecule has 2 aromatic rings. The number of halogens is 3. The van der Waals surface area contributed by atoms with E-state index in [1.165, 1.54) is 22.9 Å². The van der Waals surface area contributed by atoms with Gasteiger partial charge in [0.25, 0.3) is 0 Å². The largest absolute Gasteiger partial charge is 0.207 e. The van der Waals surface area contributed by atoms with E-state index in [0.717, 1.165) is 17.7 Å². The highest BCUT2D eigenvalue weighted by Gasteiger charge is 2.20. The average Bonchev–Trinajstić information content (AvgIpc) is 2.94. The maximum absolute atomic E-state index is 13.7. The van der Waals surface area contributed by atoms with Crippen LogP contribution in [0.15, 0.2) is 24.3 Å². The molecule has 1 aliphatic carbocycles. The molecule has 1 unspecified atom stereocenters. The van der Waals surface area contributed by atoms with Gasteiger partial charge < -0.3 is 0 Å². The highest BCUT2D eigenvalue weighted by Crippen LogP contribution is 2.38. The molecule has 0 fully saturated rings. The van der Waals surface area contributed by atoms with E-state index in [-0.39, 0.29) is 11.2 Å². The maximum Gasteiger partial charge on any atom is 0.127 e. The minimum atomic E-state index is -0.276. The summed E-state index contributed by atoms with van der Waals surface area (Å²) in [4.78, 5) is 2.57. The fraction of sp³-hybridized carbons (Fsp3) is 0.333. The lowest BCUT2D eigenvalue weighted by Crippen LogP contribution is -1.98. The summed E-state index contributed by atoms with van der Waals surface area (Å²) in [5, 5.41) is 0.250. The zero-order chi connectivity index (χ0) is 13.4. The van der Waals surface area contributed by atoms with Gasteiger partial charge in [0, 0.05) is 20.3 Å². The first-order valence-corrected chi connectivity index (χ1v) is 7.96. The Hall–Kier alpha value is -0.570. The molecule has 3 rings (SSSR count).